The largest absolute Gasteiger partial charge is 0.465 e. The average molecular weight is 246 g/mol. The zero-order chi connectivity index (χ0) is 11.3. The van der Waals surface area contributed by atoms with E-state index in [1.165, 1.54) is 18.4 Å². The summed E-state index contributed by atoms with van der Waals surface area (Å²) in [6.45, 7) is 0.926. The Kier molecular flexibility index (Phi) is 4.90. The highest BCUT2D eigenvalue weighted by Crippen LogP contribution is 2.21. The highest BCUT2D eigenvalue weighted by molar-refractivity contribution is 7.98. The van der Waals surface area contributed by atoms with E-state index in [2.05, 4.69) is 16.0 Å². The Balaban J connectivity index is 2.62. The van der Waals surface area contributed by atoms with Crippen molar-refractivity contribution in [3.8, 4) is 0 Å². The van der Waals surface area contributed by atoms with Crippen molar-refractivity contribution in [3.63, 3.8) is 0 Å². The molecule has 0 aliphatic heterocycles. The van der Waals surface area contributed by atoms with Gasteiger partial charge in [0.15, 0.2) is 5.13 Å². The molecule has 0 unspecified atom stereocenters. The van der Waals surface area contributed by atoms with Crippen molar-refractivity contribution in [2.75, 3.05) is 37.6 Å². The number of aromatic nitrogens is 1. The molecule has 15 heavy (non-hydrogen) atoms. The molecule has 1 rings (SSSR count). The molecule has 0 aliphatic carbocycles. The lowest BCUT2D eigenvalue weighted by molar-refractivity contribution is 0.0606. The van der Waals surface area contributed by atoms with E-state index in [0.29, 0.717) is 4.88 Å². The third kappa shape index (κ3) is 3.39. The Hall–Kier alpha value is -0.750. The topological polar surface area (TPSA) is 42.4 Å². The smallest absolute Gasteiger partial charge is 0.349 e. The van der Waals surface area contributed by atoms with E-state index in [-0.39, 0.29) is 5.97 Å². The van der Waals surface area contributed by atoms with Gasteiger partial charge in [0, 0.05) is 19.3 Å². The number of thioether (sulfide) groups is 1. The summed E-state index contributed by atoms with van der Waals surface area (Å²) in [5.74, 6) is 0.723. The second-order valence-electron chi connectivity index (χ2n) is 2.91. The Labute approximate surface area is 97.6 Å². The van der Waals surface area contributed by atoms with E-state index in [1.54, 1.807) is 18.0 Å². The highest BCUT2D eigenvalue weighted by Gasteiger charge is 2.12. The molecule has 0 N–H and O–H groups in total. The molecule has 0 aliphatic rings. The zero-order valence-corrected chi connectivity index (χ0v) is 10.7. The minimum absolute atomic E-state index is 0.322. The minimum atomic E-state index is -0.322. The number of carbonyl (C=O) groups is 1. The first-order valence-corrected chi connectivity index (χ1v) is 6.64. The molecule has 0 fully saturated rings. The van der Waals surface area contributed by atoms with Gasteiger partial charge < -0.3 is 9.64 Å². The number of anilines is 1. The van der Waals surface area contributed by atoms with Gasteiger partial charge in [0.2, 0.25) is 0 Å². The average Bonchev–Trinajstić information content (AvgIpc) is 2.74. The van der Waals surface area contributed by atoms with E-state index in [9.17, 15) is 4.79 Å². The Bertz CT molecular complexity index is 328. The molecule has 0 aromatic carbocycles. The van der Waals surface area contributed by atoms with Crippen molar-refractivity contribution in [1.82, 2.24) is 4.98 Å². The van der Waals surface area contributed by atoms with Crippen LogP contribution in [0.25, 0.3) is 0 Å². The van der Waals surface area contributed by atoms with Crippen molar-refractivity contribution >= 4 is 34.2 Å². The number of rotatable bonds is 5. The number of nitrogens with zero attached hydrogens (tertiary/aromatic N) is 2. The first kappa shape index (κ1) is 12.3. The summed E-state index contributed by atoms with van der Waals surface area (Å²) >= 11 is 3.14. The Morgan fingerprint density at radius 3 is 3.07 bits per heavy atom. The fourth-order valence-electron chi connectivity index (χ4n) is 0.960. The molecule has 6 heteroatoms. The number of esters is 1. The first-order chi connectivity index (χ1) is 7.19. The molecule has 0 saturated heterocycles. The van der Waals surface area contributed by atoms with E-state index in [0.717, 1.165) is 17.4 Å². The molecule has 4 nitrogen and oxygen atoms in total. The van der Waals surface area contributed by atoms with Crippen molar-refractivity contribution in [1.29, 1.82) is 0 Å². The van der Waals surface area contributed by atoms with Gasteiger partial charge in [-0.3, -0.25) is 0 Å². The van der Waals surface area contributed by atoms with E-state index >= 15 is 0 Å². The number of carbonyl (C=O) groups excluding carboxylic acids is 1. The molecule has 84 valence electrons. The predicted molar refractivity (Wildman–Crippen MR) is 65.1 cm³/mol. The molecule has 0 saturated carbocycles. The lowest BCUT2D eigenvalue weighted by Gasteiger charge is -2.13. The van der Waals surface area contributed by atoms with Gasteiger partial charge in [-0.15, -0.1) is 0 Å². The number of hydrogen-bond donors (Lipinski definition) is 0. The Morgan fingerprint density at radius 2 is 2.47 bits per heavy atom. The lowest BCUT2D eigenvalue weighted by atomic mass is 10.6. The number of methoxy groups -OCH3 is 1. The van der Waals surface area contributed by atoms with Gasteiger partial charge in [-0.25, -0.2) is 9.78 Å². The number of hydrogen-bond acceptors (Lipinski definition) is 6. The van der Waals surface area contributed by atoms with Crippen LogP contribution in [0.2, 0.25) is 0 Å². The van der Waals surface area contributed by atoms with Crippen LogP contribution >= 0.6 is 23.1 Å². The molecule has 0 atom stereocenters. The highest BCUT2D eigenvalue weighted by atomic mass is 32.2. The molecule has 0 spiro atoms. The fraction of sp³-hybridized carbons (Fsp3) is 0.556. The van der Waals surface area contributed by atoms with Crippen LogP contribution in [0.5, 0.6) is 0 Å². The van der Waals surface area contributed by atoms with Crippen molar-refractivity contribution in [2.45, 2.75) is 0 Å². The summed E-state index contributed by atoms with van der Waals surface area (Å²) in [4.78, 5) is 17.9. The molecule has 1 aromatic rings. The van der Waals surface area contributed by atoms with Gasteiger partial charge in [0.05, 0.1) is 13.3 Å². The lowest BCUT2D eigenvalue weighted by Crippen LogP contribution is -2.19. The summed E-state index contributed by atoms with van der Waals surface area (Å²) in [6, 6.07) is 0. The van der Waals surface area contributed by atoms with Crippen molar-refractivity contribution < 1.29 is 9.53 Å². The van der Waals surface area contributed by atoms with Crippen LogP contribution < -0.4 is 4.90 Å². The third-order valence-corrected chi connectivity index (χ3v) is 3.52. The van der Waals surface area contributed by atoms with Gasteiger partial charge >= 0.3 is 5.97 Å². The second-order valence-corrected chi connectivity index (χ2v) is 4.91. The van der Waals surface area contributed by atoms with Crippen molar-refractivity contribution in [2.24, 2.45) is 0 Å². The second kappa shape index (κ2) is 5.97. The van der Waals surface area contributed by atoms with Crippen LogP contribution in [0.3, 0.4) is 0 Å². The normalized spacial score (nSPS) is 10.1. The van der Waals surface area contributed by atoms with Crippen LogP contribution in [0.1, 0.15) is 9.67 Å². The van der Waals surface area contributed by atoms with E-state index in [1.807, 2.05) is 11.9 Å². The zero-order valence-electron chi connectivity index (χ0n) is 9.02. The standard InChI is InChI=1S/C9H14N2O2S2/c1-11(4-5-14-3)9-10-6-7(15-9)8(12)13-2/h6H,4-5H2,1-3H3. The molecule has 0 radical (unpaired) electrons. The van der Waals surface area contributed by atoms with Crippen LogP contribution in [-0.4, -0.2) is 43.7 Å². The monoisotopic (exact) mass is 246 g/mol. The summed E-state index contributed by atoms with van der Waals surface area (Å²) in [5, 5.41) is 0.851. The molecular formula is C9H14N2O2S2. The van der Waals surface area contributed by atoms with Crippen LogP contribution in [0.15, 0.2) is 6.20 Å². The molecule has 0 amide bonds. The molecule has 0 bridgehead atoms. The fourth-order valence-corrected chi connectivity index (χ4v) is 2.24. The molecular weight excluding hydrogens is 232 g/mol. The third-order valence-electron chi connectivity index (χ3n) is 1.84. The van der Waals surface area contributed by atoms with Crippen LogP contribution in [-0.2, 0) is 4.74 Å². The maximum absolute atomic E-state index is 11.2. The minimum Gasteiger partial charge on any atom is -0.465 e. The number of ether oxygens (including phenoxy) is 1. The van der Waals surface area contributed by atoms with Gasteiger partial charge in [0.25, 0.3) is 0 Å². The van der Waals surface area contributed by atoms with E-state index in [4.69, 9.17) is 0 Å². The first-order valence-electron chi connectivity index (χ1n) is 4.43. The summed E-state index contributed by atoms with van der Waals surface area (Å²) < 4.78 is 4.62. The van der Waals surface area contributed by atoms with Crippen LogP contribution in [0, 0.1) is 0 Å². The maximum atomic E-state index is 11.2. The van der Waals surface area contributed by atoms with Gasteiger partial charge in [-0.2, -0.15) is 11.8 Å². The number of thiazole rings is 1. The summed E-state index contributed by atoms with van der Waals surface area (Å²) in [5.41, 5.74) is 0. The van der Waals surface area contributed by atoms with Crippen LogP contribution in [0.4, 0.5) is 5.13 Å². The van der Waals surface area contributed by atoms with Gasteiger partial charge in [0.1, 0.15) is 4.88 Å². The molecule has 1 heterocycles. The van der Waals surface area contributed by atoms with E-state index < -0.39 is 0 Å². The molecule has 1 aromatic heterocycles. The Morgan fingerprint density at radius 1 is 1.73 bits per heavy atom. The van der Waals surface area contributed by atoms with Crippen molar-refractivity contribution in [3.05, 3.63) is 11.1 Å². The predicted octanol–water partition coefficient (Wildman–Crippen LogP) is 1.73. The maximum Gasteiger partial charge on any atom is 0.349 e. The summed E-state index contributed by atoms with van der Waals surface area (Å²) in [6.07, 6.45) is 3.62. The quantitative estimate of drug-likeness (QED) is 0.740. The van der Waals surface area contributed by atoms with Gasteiger partial charge in [-0.1, -0.05) is 11.3 Å². The SMILES string of the molecule is COC(=O)c1cnc(N(C)CCSC)s1. The van der Waals surface area contributed by atoms with Gasteiger partial charge in [-0.05, 0) is 6.26 Å². The summed E-state index contributed by atoms with van der Waals surface area (Å²) in [7, 11) is 3.34.